The maximum Gasteiger partial charge on any atom is 0.341 e. The van der Waals surface area contributed by atoms with Crippen molar-refractivity contribution in [3.05, 3.63) is 41.0 Å². The second-order valence-corrected chi connectivity index (χ2v) is 3.53. The number of carboxylic acid groups (broad SMARTS) is 1. The van der Waals surface area contributed by atoms with Gasteiger partial charge in [0.2, 0.25) is 0 Å². The van der Waals surface area contributed by atoms with Crippen LogP contribution in [0.3, 0.4) is 0 Å². The van der Waals surface area contributed by atoms with Crippen LogP contribution in [0.4, 0.5) is 8.78 Å². The first-order valence-electron chi connectivity index (χ1n) is 4.56. The van der Waals surface area contributed by atoms with Gasteiger partial charge >= 0.3 is 5.97 Å². The Morgan fingerprint density at radius 3 is 2.38 bits per heavy atom. The van der Waals surface area contributed by atoms with E-state index in [1.54, 1.807) is 6.08 Å². The Morgan fingerprint density at radius 2 is 1.94 bits per heavy atom. The van der Waals surface area contributed by atoms with Crippen LogP contribution in [0, 0.1) is 11.6 Å². The van der Waals surface area contributed by atoms with Crippen molar-refractivity contribution in [2.45, 2.75) is 6.42 Å². The van der Waals surface area contributed by atoms with Crippen molar-refractivity contribution in [3.8, 4) is 0 Å². The minimum absolute atomic E-state index is 0.293. The van der Waals surface area contributed by atoms with E-state index in [2.05, 4.69) is 12.6 Å². The number of thiol groups is 1. The molecule has 0 bridgehead atoms. The van der Waals surface area contributed by atoms with Gasteiger partial charge in [0.25, 0.3) is 0 Å². The van der Waals surface area contributed by atoms with Crippen molar-refractivity contribution in [2.75, 3.05) is 5.75 Å². The van der Waals surface area contributed by atoms with Crippen LogP contribution in [-0.4, -0.2) is 16.8 Å². The fourth-order valence-corrected chi connectivity index (χ4v) is 1.34. The van der Waals surface area contributed by atoms with Crippen LogP contribution in [0.1, 0.15) is 22.3 Å². The molecule has 1 aromatic carbocycles. The lowest BCUT2D eigenvalue weighted by Gasteiger charge is -2.01. The Labute approximate surface area is 97.0 Å². The van der Waals surface area contributed by atoms with E-state index in [-0.39, 0.29) is 0 Å². The van der Waals surface area contributed by atoms with Crippen molar-refractivity contribution >= 4 is 24.7 Å². The number of aromatic carboxylic acids is 1. The number of carboxylic acids is 1. The standard InChI is InChI=1S/C11H10F2O2S/c12-8-5-7(3-1-2-4-16)6-9(13)10(8)11(14)15/h1,3,5-6,16H,2,4H2,(H,14,15). The van der Waals surface area contributed by atoms with Crippen molar-refractivity contribution in [3.63, 3.8) is 0 Å². The number of halogens is 2. The van der Waals surface area contributed by atoms with Gasteiger partial charge in [-0.2, -0.15) is 12.6 Å². The zero-order valence-electron chi connectivity index (χ0n) is 8.28. The lowest BCUT2D eigenvalue weighted by molar-refractivity contribution is 0.0686. The average molecular weight is 244 g/mol. The van der Waals surface area contributed by atoms with Gasteiger partial charge in [-0.1, -0.05) is 12.2 Å². The Kier molecular flexibility index (Phi) is 4.49. The number of hydrogen-bond donors (Lipinski definition) is 2. The van der Waals surface area contributed by atoms with E-state index in [9.17, 15) is 13.6 Å². The van der Waals surface area contributed by atoms with Crippen molar-refractivity contribution in [1.29, 1.82) is 0 Å². The zero-order chi connectivity index (χ0) is 12.1. The average Bonchev–Trinajstić information content (AvgIpc) is 2.16. The molecule has 0 aliphatic heterocycles. The topological polar surface area (TPSA) is 37.3 Å². The summed E-state index contributed by atoms with van der Waals surface area (Å²) in [6.45, 7) is 0. The van der Waals surface area contributed by atoms with Gasteiger partial charge < -0.3 is 5.11 Å². The maximum absolute atomic E-state index is 13.2. The lowest BCUT2D eigenvalue weighted by atomic mass is 10.1. The number of benzene rings is 1. The molecule has 0 atom stereocenters. The summed E-state index contributed by atoms with van der Waals surface area (Å²) >= 11 is 3.97. The van der Waals surface area contributed by atoms with Crippen molar-refractivity contribution in [2.24, 2.45) is 0 Å². The molecule has 1 rings (SSSR count). The molecule has 1 aromatic rings. The fraction of sp³-hybridized carbons (Fsp3) is 0.182. The van der Waals surface area contributed by atoms with Gasteiger partial charge in [-0.05, 0) is 29.9 Å². The second-order valence-electron chi connectivity index (χ2n) is 3.08. The molecule has 1 N–H and O–H groups in total. The highest BCUT2D eigenvalue weighted by atomic mass is 32.1. The first-order chi connectivity index (χ1) is 7.56. The predicted molar refractivity (Wildman–Crippen MR) is 60.8 cm³/mol. The molecule has 0 radical (unpaired) electrons. The summed E-state index contributed by atoms with van der Waals surface area (Å²) in [5.74, 6) is -3.12. The van der Waals surface area contributed by atoms with Gasteiger partial charge in [0.1, 0.15) is 17.2 Å². The van der Waals surface area contributed by atoms with Gasteiger partial charge in [0.05, 0.1) is 0 Å². The fourth-order valence-electron chi connectivity index (χ4n) is 1.19. The van der Waals surface area contributed by atoms with E-state index in [1.807, 2.05) is 0 Å². The van der Waals surface area contributed by atoms with E-state index in [1.165, 1.54) is 6.08 Å². The zero-order valence-corrected chi connectivity index (χ0v) is 9.18. The van der Waals surface area contributed by atoms with E-state index >= 15 is 0 Å². The highest BCUT2D eigenvalue weighted by Gasteiger charge is 2.16. The molecule has 0 spiro atoms. The minimum Gasteiger partial charge on any atom is -0.477 e. The van der Waals surface area contributed by atoms with Crippen LogP contribution < -0.4 is 0 Å². The van der Waals surface area contributed by atoms with Gasteiger partial charge in [-0.25, -0.2) is 13.6 Å². The molecule has 5 heteroatoms. The summed E-state index contributed by atoms with van der Waals surface area (Å²) in [6.07, 6.45) is 3.91. The number of allylic oxidation sites excluding steroid dienone is 1. The largest absolute Gasteiger partial charge is 0.477 e. The maximum atomic E-state index is 13.2. The molecule has 0 fully saturated rings. The van der Waals surface area contributed by atoms with Crippen LogP contribution >= 0.6 is 12.6 Å². The molecule has 0 unspecified atom stereocenters. The molecule has 0 aromatic heterocycles. The molecule has 0 aliphatic carbocycles. The first-order valence-corrected chi connectivity index (χ1v) is 5.19. The van der Waals surface area contributed by atoms with Crippen molar-refractivity contribution in [1.82, 2.24) is 0 Å². The third-order valence-electron chi connectivity index (χ3n) is 1.88. The van der Waals surface area contributed by atoms with Crippen LogP contribution in [0.5, 0.6) is 0 Å². The van der Waals surface area contributed by atoms with Gasteiger partial charge in [-0.3, -0.25) is 0 Å². The molecule has 86 valence electrons. The summed E-state index contributed by atoms with van der Waals surface area (Å²) in [6, 6.07) is 1.98. The monoisotopic (exact) mass is 244 g/mol. The SMILES string of the molecule is O=C(O)c1c(F)cc(C=CCCS)cc1F. The Balaban J connectivity index is 3.05. The van der Waals surface area contributed by atoms with E-state index < -0.39 is 23.2 Å². The van der Waals surface area contributed by atoms with Crippen LogP contribution in [0.15, 0.2) is 18.2 Å². The highest BCUT2D eigenvalue weighted by molar-refractivity contribution is 7.80. The minimum atomic E-state index is -1.61. The molecule has 0 saturated heterocycles. The van der Waals surface area contributed by atoms with E-state index in [4.69, 9.17) is 5.11 Å². The number of hydrogen-bond acceptors (Lipinski definition) is 2. The summed E-state index contributed by atoms with van der Waals surface area (Å²) < 4.78 is 26.4. The third kappa shape index (κ3) is 3.06. The van der Waals surface area contributed by atoms with Crippen LogP contribution in [0.25, 0.3) is 6.08 Å². The highest BCUT2D eigenvalue weighted by Crippen LogP contribution is 2.16. The Bertz CT molecular complexity index is 407. The third-order valence-corrected chi connectivity index (χ3v) is 2.14. The smallest absolute Gasteiger partial charge is 0.341 e. The first kappa shape index (κ1) is 12.7. The summed E-state index contributed by atoms with van der Waals surface area (Å²) in [5, 5.41) is 8.54. The molecule has 0 aliphatic rings. The van der Waals surface area contributed by atoms with Crippen LogP contribution in [-0.2, 0) is 0 Å². The summed E-state index contributed by atoms with van der Waals surface area (Å²) in [4.78, 5) is 10.5. The quantitative estimate of drug-likeness (QED) is 0.799. The molecular formula is C11H10F2O2S. The lowest BCUT2D eigenvalue weighted by Crippen LogP contribution is -2.04. The number of rotatable bonds is 4. The molecule has 0 heterocycles. The second kappa shape index (κ2) is 5.65. The van der Waals surface area contributed by atoms with Gasteiger partial charge in [-0.15, -0.1) is 0 Å². The van der Waals surface area contributed by atoms with E-state index in [0.29, 0.717) is 17.7 Å². The normalized spacial score (nSPS) is 10.9. The van der Waals surface area contributed by atoms with Gasteiger partial charge in [0, 0.05) is 0 Å². The van der Waals surface area contributed by atoms with Crippen LogP contribution in [0.2, 0.25) is 0 Å². The summed E-state index contributed by atoms with van der Waals surface area (Å²) in [5.41, 5.74) is -0.631. The van der Waals surface area contributed by atoms with E-state index in [0.717, 1.165) is 12.1 Å². The molecule has 2 nitrogen and oxygen atoms in total. The molecule has 16 heavy (non-hydrogen) atoms. The molecule has 0 saturated carbocycles. The van der Waals surface area contributed by atoms with Crippen molar-refractivity contribution < 1.29 is 18.7 Å². The predicted octanol–water partition coefficient (Wildman–Crippen LogP) is 3.00. The Hall–Kier alpha value is -1.36. The molecule has 0 amide bonds. The number of carbonyl (C=O) groups is 1. The molecular weight excluding hydrogens is 234 g/mol. The summed E-state index contributed by atoms with van der Waals surface area (Å²) in [7, 11) is 0. The Morgan fingerprint density at radius 1 is 1.38 bits per heavy atom. The van der Waals surface area contributed by atoms with Gasteiger partial charge in [0.15, 0.2) is 0 Å².